The Hall–Kier alpha value is -3.57. The van der Waals surface area contributed by atoms with Crippen LogP contribution in [0.15, 0.2) is 59.3 Å². The van der Waals surface area contributed by atoms with Gasteiger partial charge in [0.1, 0.15) is 5.56 Å². The molecular weight excluding hydrogens is 512 g/mol. The van der Waals surface area contributed by atoms with Crippen LogP contribution in [0, 0.1) is 10.1 Å². The third-order valence-corrected chi connectivity index (χ3v) is 6.34. The average molecular weight is 529 g/mol. The SMILES string of the molecule is COc1cc(C(=O)N(Cc2cccnc2)c2nc3ccc(Br)cc3s2)c([N+](=O)[O-])cc1OC. The highest BCUT2D eigenvalue weighted by atomic mass is 79.9. The van der Waals surface area contributed by atoms with Crippen LogP contribution in [0.1, 0.15) is 15.9 Å². The number of carbonyl (C=O) groups excluding carboxylic acids is 1. The van der Waals surface area contributed by atoms with Gasteiger partial charge >= 0.3 is 0 Å². The zero-order valence-electron chi connectivity index (χ0n) is 17.5. The molecule has 0 unspecified atom stereocenters. The standard InChI is InChI=1S/C22H17BrN4O5S/c1-31-18-9-15(17(27(29)30)10-19(18)32-2)21(28)26(12-13-4-3-7-24-11-13)22-25-16-6-5-14(23)8-20(16)33-22/h3-11H,12H2,1-2H3. The molecular formula is C22H17BrN4O5S. The third kappa shape index (κ3) is 4.64. The van der Waals surface area contributed by atoms with Crippen molar-refractivity contribution in [1.82, 2.24) is 9.97 Å². The number of fused-ring (bicyclic) bond motifs is 1. The molecule has 0 fully saturated rings. The molecule has 0 aliphatic rings. The summed E-state index contributed by atoms with van der Waals surface area (Å²) < 4.78 is 12.2. The van der Waals surface area contributed by atoms with Gasteiger partial charge in [-0.15, -0.1) is 0 Å². The van der Waals surface area contributed by atoms with Gasteiger partial charge in [0.15, 0.2) is 16.6 Å². The Balaban J connectivity index is 1.86. The Morgan fingerprint density at radius 2 is 1.94 bits per heavy atom. The van der Waals surface area contributed by atoms with Crippen molar-refractivity contribution in [2.45, 2.75) is 6.54 Å². The molecule has 4 rings (SSSR count). The van der Waals surface area contributed by atoms with Crippen molar-refractivity contribution in [1.29, 1.82) is 0 Å². The monoisotopic (exact) mass is 528 g/mol. The first-order valence-corrected chi connectivity index (χ1v) is 11.2. The van der Waals surface area contributed by atoms with Crippen LogP contribution in [0.2, 0.25) is 0 Å². The smallest absolute Gasteiger partial charge is 0.286 e. The first kappa shape index (κ1) is 22.6. The Kier molecular flexibility index (Phi) is 6.52. The maximum Gasteiger partial charge on any atom is 0.286 e. The molecule has 2 aromatic carbocycles. The summed E-state index contributed by atoms with van der Waals surface area (Å²) in [4.78, 5) is 35.0. The molecule has 0 aliphatic heterocycles. The maximum atomic E-state index is 13.7. The molecule has 0 saturated heterocycles. The predicted molar refractivity (Wildman–Crippen MR) is 128 cm³/mol. The zero-order chi connectivity index (χ0) is 23.5. The molecule has 0 bridgehead atoms. The van der Waals surface area contributed by atoms with E-state index in [0.29, 0.717) is 10.6 Å². The largest absolute Gasteiger partial charge is 0.493 e. The Labute approximate surface area is 200 Å². The van der Waals surface area contributed by atoms with Crippen LogP contribution < -0.4 is 14.4 Å². The van der Waals surface area contributed by atoms with Crippen LogP contribution in [0.5, 0.6) is 11.5 Å². The summed E-state index contributed by atoms with van der Waals surface area (Å²) in [7, 11) is 2.77. The highest BCUT2D eigenvalue weighted by molar-refractivity contribution is 9.10. The van der Waals surface area contributed by atoms with Crippen LogP contribution >= 0.6 is 27.3 Å². The fourth-order valence-electron chi connectivity index (χ4n) is 3.24. The quantitative estimate of drug-likeness (QED) is 0.238. The molecule has 9 nitrogen and oxygen atoms in total. The molecule has 168 valence electrons. The minimum Gasteiger partial charge on any atom is -0.493 e. The first-order chi connectivity index (χ1) is 15.9. The number of methoxy groups -OCH3 is 2. The number of ether oxygens (including phenoxy) is 2. The summed E-state index contributed by atoms with van der Waals surface area (Å²) in [5.41, 5.74) is 0.929. The Morgan fingerprint density at radius 1 is 1.18 bits per heavy atom. The fraction of sp³-hybridized carbons (Fsp3) is 0.136. The maximum absolute atomic E-state index is 13.7. The van der Waals surface area contributed by atoms with Crippen molar-refractivity contribution in [3.63, 3.8) is 0 Å². The van der Waals surface area contributed by atoms with Crippen molar-refractivity contribution < 1.29 is 19.2 Å². The number of nitro benzene ring substituents is 1. The summed E-state index contributed by atoms with van der Waals surface area (Å²) in [6.45, 7) is 0.124. The van der Waals surface area contributed by atoms with Gasteiger partial charge in [0.25, 0.3) is 11.6 Å². The number of hydrogen-bond acceptors (Lipinski definition) is 8. The van der Waals surface area contributed by atoms with Gasteiger partial charge in [-0.05, 0) is 29.8 Å². The van der Waals surface area contributed by atoms with E-state index in [9.17, 15) is 14.9 Å². The van der Waals surface area contributed by atoms with Crippen LogP contribution in [0.3, 0.4) is 0 Å². The number of anilines is 1. The predicted octanol–water partition coefficient (Wildman–Crippen LogP) is 5.23. The number of rotatable bonds is 7. The number of halogens is 1. The second kappa shape index (κ2) is 9.51. The second-order valence-electron chi connectivity index (χ2n) is 6.84. The molecule has 0 spiro atoms. The van der Waals surface area contributed by atoms with Crippen molar-refractivity contribution in [2.75, 3.05) is 19.1 Å². The van der Waals surface area contributed by atoms with Crippen molar-refractivity contribution in [3.05, 3.63) is 80.6 Å². The summed E-state index contributed by atoms with van der Waals surface area (Å²) in [5, 5.41) is 12.2. The van der Waals surface area contributed by atoms with Gasteiger partial charge in [0.05, 0.1) is 42.0 Å². The molecule has 33 heavy (non-hydrogen) atoms. The van der Waals surface area contributed by atoms with E-state index in [1.807, 2.05) is 24.3 Å². The van der Waals surface area contributed by atoms with Crippen LogP contribution in [0.4, 0.5) is 10.8 Å². The molecule has 0 radical (unpaired) electrons. The summed E-state index contributed by atoms with van der Waals surface area (Å²) >= 11 is 4.75. The lowest BCUT2D eigenvalue weighted by Gasteiger charge is -2.20. The normalized spacial score (nSPS) is 10.8. The Morgan fingerprint density at radius 3 is 2.61 bits per heavy atom. The van der Waals surface area contributed by atoms with E-state index in [2.05, 4.69) is 25.9 Å². The average Bonchev–Trinajstić information content (AvgIpc) is 3.24. The third-order valence-electron chi connectivity index (χ3n) is 4.81. The van der Waals surface area contributed by atoms with E-state index < -0.39 is 16.5 Å². The van der Waals surface area contributed by atoms with Gasteiger partial charge in [-0.3, -0.25) is 24.8 Å². The lowest BCUT2D eigenvalue weighted by atomic mass is 10.1. The van der Waals surface area contributed by atoms with Crippen molar-refractivity contribution in [3.8, 4) is 11.5 Å². The molecule has 1 amide bonds. The van der Waals surface area contributed by atoms with Gasteiger partial charge in [-0.1, -0.05) is 33.3 Å². The molecule has 2 aromatic heterocycles. The second-order valence-corrected chi connectivity index (χ2v) is 8.77. The molecule has 4 aromatic rings. The Bertz CT molecular complexity index is 1350. The van der Waals surface area contributed by atoms with E-state index in [0.717, 1.165) is 14.7 Å². The van der Waals surface area contributed by atoms with E-state index in [-0.39, 0.29) is 23.6 Å². The van der Waals surface area contributed by atoms with E-state index in [1.54, 1.807) is 18.5 Å². The van der Waals surface area contributed by atoms with E-state index in [1.165, 1.54) is 42.6 Å². The molecule has 0 saturated carbocycles. The number of nitro groups is 1. The molecule has 0 N–H and O–H groups in total. The fourth-order valence-corrected chi connectivity index (χ4v) is 4.75. The number of thiazole rings is 1. The lowest BCUT2D eigenvalue weighted by Crippen LogP contribution is -2.31. The lowest BCUT2D eigenvalue weighted by molar-refractivity contribution is -0.385. The highest BCUT2D eigenvalue weighted by Crippen LogP contribution is 2.37. The highest BCUT2D eigenvalue weighted by Gasteiger charge is 2.30. The van der Waals surface area contributed by atoms with Crippen LogP contribution in [0.25, 0.3) is 10.2 Å². The van der Waals surface area contributed by atoms with Crippen LogP contribution in [-0.4, -0.2) is 35.0 Å². The number of amides is 1. The molecule has 2 heterocycles. The molecule has 11 heteroatoms. The van der Waals surface area contributed by atoms with E-state index in [4.69, 9.17) is 9.47 Å². The number of carbonyl (C=O) groups is 1. The van der Waals surface area contributed by atoms with E-state index >= 15 is 0 Å². The van der Waals surface area contributed by atoms with Gasteiger partial charge < -0.3 is 9.47 Å². The van der Waals surface area contributed by atoms with Crippen LogP contribution in [-0.2, 0) is 6.54 Å². The van der Waals surface area contributed by atoms with Gasteiger partial charge in [0, 0.05) is 22.9 Å². The molecule has 0 aliphatic carbocycles. The first-order valence-electron chi connectivity index (χ1n) is 9.58. The number of aromatic nitrogens is 2. The summed E-state index contributed by atoms with van der Waals surface area (Å²) in [6, 6.07) is 11.7. The number of pyridine rings is 1. The van der Waals surface area contributed by atoms with Gasteiger partial charge in [-0.2, -0.15) is 0 Å². The summed E-state index contributed by atoms with van der Waals surface area (Å²) in [6.07, 6.45) is 3.26. The van der Waals surface area contributed by atoms with Gasteiger partial charge in [0.2, 0.25) is 0 Å². The number of nitrogens with zero attached hydrogens (tertiary/aromatic N) is 4. The van der Waals surface area contributed by atoms with Gasteiger partial charge in [-0.25, -0.2) is 4.98 Å². The minimum atomic E-state index is -0.618. The number of benzene rings is 2. The molecule has 0 atom stereocenters. The zero-order valence-corrected chi connectivity index (χ0v) is 19.9. The van der Waals surface area contributed by atoms with Crippen molar-refractivity contribution >= 4 is 54.2 Å². The number of hydrogen-bond donors (Lipinski definition) is 0. The minimum absolute atomic E-state index is 0.124. The van der Waals surface area contributed by atoms with Crippen molar-refractivity contribution in [2.24, 2.45) is 0 Å². The summed E-state index contributed by atoms with van der Waals surface area (Å²) in [5.74, 6) is -0.227. The topological polar surface area (TPSA) is 108 Å².